The molecule has 2 N–H and O–H groups in total. The first kappa shape index (κ1) is 14.3. The Morgan fingerprint density at radius 1 is 1.45 bits per heavy atom. The van der Waals surface area contributed by atoms with E-state index in [1.54, 1.807) is 31.1 Å². The molecule has 1 aromatic carbocycles. The normalized spacial score (nSPS) is 10.3. The van der Waals surface area contributed by atoms with E-state index in [0.717, 1.165) is 10.7 Å². The quantitative estimate of drug-likeness (QED) is 0.855. The minimum Gasteiger partial charge on any atom is -0.487 e. The van der Waals surface area contributed by atoms with Crippen molar-refractivity contribution in [3.63, 3.8) is 0 Å². The first-order valence-corrected chi connectivity index (χ1v) is 7.04. The van der Waals surface area contributed by atoms with Crippen LogP contribution in [0, 0.1) is 0 Å². The van der Waals surface area contributed by atoms with E-state index in [1.807, 2.05) is 17.5 Å². The van der Waals surface area contributed by atoms with Gasteiger partial charge in [-0.1, -0.05) is 6.07 Å². The van der Waals surface area contributed by atoms with Gasteiger partial charge in [0.2, 0.25) is 5.91 Å². The fraction of sp³-hybridized carbons (Fsp3) is 0.286. The van der Waals surface area contributed by atoms with Gasteiger partial charge in [0.15, 0.2) is 0 Å². The molecule has 1 heterocycles. The highest BCUT2D eigenvalue weighted by molar-refractivity contribution is 7.09. The highest BCUT2D eigenvalue weighted by Crippen LogP contribution is 2.17. The molecule has 0 fully saturated rings. The Morgan fingerprint density at radius 2 is 2.25 bits per heavy atom. The second-order valence-corrected chi connectivity index (χ2v) is 5.50. The summed E-state index contributed by atoms with van der Waals surface area (Å²) < 4.78 is 5.61. The lowest BCUT2D eigenvalue weighted by atomic mass is 10.3. The van der Waals surface area contributed by atoms with Crippen LogP contribution in [-0.2, 0) is 17.8 Å². The Hall–Kier alpha value is -2.08. The van der Waals surface area contributed by atoms with Gasteiger partial charge in [0.05, 0.1) is 12.1 Å². The molecule has 0 spiro atoms. The number of amides is 1. The molecule has 6 heteroatoms. The van der Waals surface area contributed by atoms with E-state index in [-0.39, 0.29) is 5.91 Å². The Morgan fingerprint density at radius 3 is 2.95 bits per heavy atom. The van der Waals surface area contributed by atoms with Gasteiger partial charge in [-0.25, -0.2) is 4.98 Å². The van der Waals surface area contributed by atoms with Crippen molar-refractivity contribution in [3.05, 3.63) is 40.3 Å². The topological polar surface area (TPSA) is 68.5 Å². The van der Waals surface area contributed by atoms with Crippen LogP contribution in [0.15, 0.2) is 29.6 Å². The number of carbonyl (C=O) groups excluding carboxylic acids is 1. The zero-order valence-electron chi connectivity index (χ0n) is 11.5. The van der Waals surface area contributed by atoms with Crippen LogP contribution in [0.4, 0.5) is 5.69 Å². The van der Waals surface area contributed by atoms with Gasteiger partial charge in [-0.2, -0.15) is 0 Å². The second-order valence-electron chi connectivity index (χ2n) is 4.56. The zero-order valence-corrected chi connectivity index (χ0v) is 12.3. The molecule has 2 rings (SSSR count). The van der Waals surface area contributed by atoms with Gasteiger partial charge in [-0.3, -0.25) is 4.79 Å². The number of thiazole rings is 1. The van der Waals surface area contributed by atoms with Crippen LogP contribution >= 0.6 is 11.3 Å². The SMILES string of the molecule is CN(C)C(=O)Cc1nc(COc2cccc(N)c2)cs1. The van der Waals surface area contributed by atoms with E-state index in [9.17, 15) is 4.79 Å². The van der Waals surface area contributed by atoms with E-state index >= 15 is 0 Å². The summed E-state index contributed by atoms with van der Waals surface area (Å²) in [7, 11) is 3.47. The molecule has 0 saturated heterocycles. The summed E-state index contributed by atoms with van der Waals surface area (Å²) in [6.07, 6.45) is 0.329. The average molecular weight is 291 g/mol. The van der Waals surface area contributed by atoms with Crippen LogP contribution in [-0.4, -0.2) is 29.9 Å². The first-order valence-electron chi connectivity index (χ1n) is 6.16. The van der Waals surface area contributed by atoms with Gasteiger partial charge < -0.3 is 15.4 Å². The maximum Gasteiger partial charge on any atom is 0.228 e. The lowest BCUT2D eigenvalue weighted by Crippen LogP contribution is -2.23. The Bertz CT molecular complexity index is 596. The molecule has 0 aliphatic carbocycles. The highest BCUT2D eigenvalue weighted by Gasteiger charge is 2.09. The molecule has 20 heavy (non-hydrogen) atoms. The number of ether oxygens (including phenoxy) is 1. The van der Waals surface area contributed by atoms with Gasteiger partial charge in [-0.15, -0.1) is 11.3 Å². The molecule has 2 aromatic rings. The molecule has 1 amide bonds. The summed E-state index contributed by atoms with van der Waals surface area (Å²) in [4.78, 5) is 17.5. The molecule has 0 aliphatic rings. The summed E-state index contributed by atoms with van der Waals surface area (Å²) in [6.45, 7) is 0.371. The maximum atomic E-state index is 11.6. The fourth-order valence-corrected chi connectivity index (χ4v) is 2.32. The van der Waals surface area contributed by atoms with E-state index in [1.165, 1.54) is 11.3 Å². The molecular weight excluding hydrogens is 274 g/mol. The minimum absolute atomic E-state index is 0.0441. The van der Waals surface area contributed by atoms with Gasteiger partial charge >= 0.3 is 0 Å². The number of aromatic nitrogens is 1. The molecule has 5 nitrogen and oxygen atoms in total. The van der Waals surface area contributed by atoms with Crippen molar-refractivity contribution in [1.29, 1.82) is 0 Å². The molecule has 0 aliphatic heterocycles. The van der Waals surface area contributed by atoms with Gasteiger partial charge in [0.1, 0.15) is 17.4 Å². The minimum atomic E-state index is 0.0441. The lowest BCUT2D eigenvalue weighted by Gasteiger charge is -2.07. The van der Waals surface area contributed by atoms with Crippen LogP contribution in [0.3, 0.4) is 0 Å². The van der Waals surface area contributed by atoms with Gasteiger partial charge in [0, 0.05) is 31.2 Å². The lowest BCUT2D eigenvalue weighted by molar-refractivity contribution is -0.127. The third kappa shape index (κ3) is 3.96. The third-order valence-corrected chi connectivity index (χ3v) is 3.54. The van der Waals surface area contributed by atoms with Crippen LogP contribution in [0.5, 0.6) is 5.75 Å². The third-order valence-electron chi connectivity index (χ3n) is 2.65. The predicted octanol–water partition coefficient (Wildman–Crippen LogP) is 1.93. The largest absolute Gasteiger partial charge is 0.487 e. The summed E-state index contributed by atoms with van der Waals surface area (Å²) in [5.74, 6) is 0.756. The number of rotatable bonds is 5. The van der Waals surface area contributed by atoms with Gasteiger partial charge in [-0.05, 0) is 12.1 Å². The van der Waals surface area contributed by atoms with E-state index in [0.29, 0.717) is 24.5 Å². The monoisotopic (exact) mass is 291 g/mol. The first-order chi connectivity index (χ1) is 9.54. The van der Waals surface area contributed by atoms with Crippen LogP contribution in [0.1, 0.15) is 10.7 Å². The predicted molar refractivity (Wildman–Crippen MR) is 79.7 cm³/mol. The number of likely N-dealkylation sites (N-methyl/N-ethyl adjacent to an activating group) is 1. The molecule has 0 radical (unpaired) electrons. The summed E-state index contributed by atoms with van der Waals surface area (Å²) in [5.41, 5.74) is 7.16. The average Bonchev–Trinajstić information content (AvgIpc) is 2.84. The zero-order chi connectivity index (χ0) is 14.5. The summed E-state index contributed by atoms with van der Waals surface area (Å²) in [6, 6.07) is 7.26. The Balaban J connectivity index is 1.91. The number of hydrogen-bond acceptors (Lipinski definition) is 5. The van der Waals surface area contributed by atoms with Crippen molar-refractivity contribution in [2.24, 2.45) is 0 Å². The number of benzene rings is 1. The highest BCUT2D eigenvalue weighted by atomic mass is 32.1. The number of nitrogens with zero attached hydrogens (tertiary/aromatic N) is 2. The van der Waals surface area contributed by atoms with E-state index < -0.39 is 0 Å². The molecule has 0 unspecified atom stereocenters. The number of nitrogens with two attached hydrogens (primary N) is 1. The van der Waals surface area contributed by atoms with E-state index in [4.69, 9.17) is 10.5 Å². The molecule has 106 valence electrons. The van der Waals surface area contributed by atoms with Crippen molar-refractivity contribution in [1.82, 2.24) is 9.88 Å². The van der Waals surface area contributed by atoms with Crippen molar-refractivity contribution in [2.45, 2.75) is 13.0 Å². The van der Waals surface area contributed by atoms with Crippen LogP contribution in [0.2, 0.25) is 0 Å². The van der Waals surface area contributed by atoms with Crippen molar-refractivity contribution in [2.75, 3.05) is 19.8 Å². The van der Waals surface area contributed by atoms with Crippen LogP contribution < -0.4 is 10.5 Å². The molecule has 0 bridgehead atoms. The van der Waals surface area contributed by atoms with Crippen molar-refractivity contribution in [3.8, 4) is 5.75 Å². The maximum absolute atomic E-state index is 11.6. The smallest absolute Gasteiger partial charge is 0.228 e. The molecule has 0 saturated carbocycles. The number of nitrogen functional groups attached to an aromatic ring is 1. The second kappa shape index (κ2) is 6.38. The molecular formula is C14H17N3O2S. The number of hydrogen-bond donors (Lipinski definition) is 1. The Kier molecular flexibility index (Phi) is 4.57. The fourth-order valence-electron chi connectivity index (χ4n) is 1.55. The van der Waals surface area contributed by atoms with Crippen LogP contribution in [0.25, 0.3) is 0 Å². The van der Waals surface area contributed by atoms with E-state index in [2.05, 4.69) is 4.98 Å². The number of carbonyl (C=O) groups is 1. The number of anilines is 1. The molecule has 1 aromatic heterocycles. The Labute approximate surface area is 122 Å². The standard InChI is InChI=1S/C14H17N3O2S/c1-17(2)14(18)7-13-16-11(9-20-13)8-19-12-5-3-4-10(15)6-12/h3-6,9H,7-8,15H2,1-2H3. The summed E-state index contributed by atoms with van der Waals surface area (Å²) in [5, 5.41) is 2.71. The van der Waals surface area contributed by atoms with Crippen molar-refractivity contribution >= 4 is 22.9 Å². The summed E-state index contributed by atoms with van der Waals surface area (Å²) >= 11 is 1.47. The van der Waals surface area contributed by atoms with Crippen molar-refractivity contribution < 1.29 is 9.53 Å². The molecule has 0 atom stereocenters. The van der Waals surface area contributed by atoms with Gasteiger partial charge in [0.25, 0.3) is 0 Å².